The lowest BCUT2D eigenvalue weighted by Gasteiger charge is -2.12. The number of nitrogens with two attached hydrogens (primary N) is 1. The Kier molecular flexibility index (Phi) is 3.50. The maximum atomic E-state index is 11.8. The molecule has 0 aliphatic carbocycles. The van der Waals surface area contributed by atoms with E-state index in [1.54, 1.807) is 20.8 Å². The third-order valence-corrected chi connectivity index (χ3v) is 2.84. The van der Waals surface area contributed by atoms with Crippen LogP contribution in [-0.4, -0.2) is 48.2 Å². The van der Waals surface area contributed by atoms with Gasteiger partial charge >= 0.3 is 6.03 Å². The predicted molar refractivity (Wildman–Crippen MR) is 64.6 cm³/mol. The molecule has 1 aromatic heterocycles. The average molecular weight is 275 g/mol. The molecule has 18 heavy (non-hydrogen) atoms. The topological polar surface area (TPSA) is 111 Å². The number of carbonyl (C=O) groups excluding carboxylic acids is 1. The Balaban J connectivity index is 3.50. The normalized spacial score (nSPS) is 12.6. The first-order chi connectivity index (χ1) is 7.94. The Morgan fingerprint density at radius 3 is 2.17 bits per heavy atom. The molecule has 0 atom stereocenters. The molecule has 0 spiro atoms. The van der Waals surface area contributed by atoms with Crippen molar-refractivity contribution in [1.29, 1.82) is 0 Å². The molecule has 0 bridgehead atoms. The number of hydrogen-bond donors (Lipinski definition) is 1. The number of nitrogens with zero attached hydrogens (tertiary/aromatic N) is 4. The molecule has 9 heteroatoms. The molecule has 0 aliphatic rings. The van der Waals surface area contributed by atoms with E-state index >= 15 is 0 Å². The van der Waals surface area contributed by atoms with E-state index in [1.165, 1.54) is 19.0 Å². The van der Waals surface area contributed by atoms with E-state index in [0.717, 1.165) is 0 Å². The van der Waals surface area contributed by atoms with Gasteiger partial charge in [0, 0.05) is 19.5 Å². The van der Waals surface area contributed by atoms with Crippen molar-refractivity contribution in [1.82, 2.24) is 19.7 Å². The summed E-state index contributed by atoms with van der Waals surface area (Å²) in [6.07, 6.45) is 0. The van der Waals surface area contributed by atoms with Gasteiger partial charge in [0.1, 0.15) is 0 Å². The van der Waals surface area contributed by atoms with Crippen molar-refractivity contribution in [3.63, 3.8) is 0 Å². The Hall–Kier alpha value is -1.48. The fraction of sp³-hybridized carbons (Fsp3) is 0.667. The molecule has 0 radical (unpaired) electrons. The van der Waals surface area contributed by atoms with Crippen LogP contribution in [-0.2, 0) is 15.4 Å². The monoisotopic (exact) mass is 275 g/mol. The minimum absolute atomic E-state index is 0.238. The van der Waals surface area contributed by atoms with Crippen LogP contribution >= 0.6 is 0 Å². The number of primary sulfonamides is 1. The Bertz CT molecular complexity index is 568. The van der Waals surface area contributed by atoms with Gasteiger partial charge < -0.3 is 4.90 Å². The largest absolute Gasteiger partial charge is 0.346 e. The quantitative estimate of drug-likeness (QED) is 0.759. The third-order valence-electron chi connectivity index (χ3n) is 2.07. The van der Waals surface area contributed by atoms with Crippen LogP contribution in [0.5, 0.6) is 0 Å². The smallest absolute Gasteiger partial charge is 0.329 e. The van der Waals surface area contributed by atoms with Crippen molar-refractivity contribution in [3.05, 3.63) is 5.82 Å². The molecule has 0 aliphatic heterocycles. The molecule has 1 aromatic rings. The molecule has 0 fully saturated rings. The molecule has 0 unspecified atom stereocenters. The van der Waals surface area contributed by atoms with Gasteiger partial charge in [-0.2, -0.15) is 4.98 Å². The summed E-state index contributed by atoms with van der Waals surface area (Å²) >= 11 is 0. The SMILES string of the molecule is CN(C)C(=O)n1nc(C(C)(C)C)nc1S(N)(=O)=O. The highest BCUT2D eigenvalue weighted by Crippen LogP contribution is 2.20. The molecule has 0 aromatic carbocycles. The molecule has 1 heterocycles. The molecule has 1 amide bonds. The van der Waals surface area contributed by atoms with E-state index in [0.29, 0.717) is 4.68 Å². The fourth-order valence-corrected chi connectivity index (χ4v) is 1.69. The van der Waals surface area contributed by atoms with Crippen molar-refractivity contribution >= 4 is 16.1 Å². The van der Waals surface area contributed by atoms with E-state index in [1.807, 2.05) is 0 Å². The summed E-state index contributed by atoms with van der Waals surface area (Å²) in [5.74, 6) is 0.238. The van der Waals surface area contributed by atoms with Crippen molar-refractivity contribution in [2.24, 2.45) is 5.14 Å². The number of carbonyl (C=O) groups is 1. The van der Waals surface area contributed by atoms with Gasteiger partial charge in [-0.05, 0) is 0 Å². The van der Waals surface area contributed by atoms with Gasteiger partial charge in [0.15, 0.2) is 5.82 Å². The average Bonchev–Trinajstić information content (AvgIpc) is 2.58. The number of amides is 1. The molecule has 2 N–H and O–H groups in total. The number of hydrogen-bond acceptors (Lipinski definition) is 5. The predicted octanol–water partition coefficient (Wildman–Crippen LogP) is -0.247. The zero-order valence-corrected chi connectivity index (χ0v) is 11.8. The molecule has 1 rings (SSSR count). The van der Waals surface area contributed by atoms with Crippen LogP contribution in [0.3, 0.4) is 0 Å². The second-order valence-corrected chi connectivity index (χ2v) is 6.56. The highest BCUT2D eigenvalue weighted by atomic mass is 32.2. The lowest BCUT2D eigenvalue weighted by Crippen LogP contribution is -2.32. The van der Waals surface area contributed by atoms with Crippen molar-refractivity contribution in [2.45, 2.75) is 31.3 Å². The summed E-state index contributed by atoms with van der Waals surface area (Å²) in [5.41, 5.74) is -0.489. The lowest BCUT2D eigenvalue weighted by atomic mass is 9.96. The molecular formula is C9H17N5O3S. The summed E-state index contributed by atoms with van der Waals surface area (Å²) < 4.78 is 23.5. The van der Waals surface area contributed by atoms with Gasteiger partial charge in [-0.15, -0.1) is 9.78 Å². The van der Waals surface area contributed by atoms with E-state index < -0.39 is 26.6 Å². The molecular weight excluding hydrogens is 258 g/mol. The van der Waals surface area contributed by atoms with Crippen molar-refractivity contribution in [3.8, 4) is 0 Å². The molecule has 0 saturated heterocycles. The van der Waals surface area contributed by atoms with Crippen LogP contribution in [0.15, 0.2) is 5.16 Å². The van der Waals surface area contributed by atoms with Crippen LogP contribution in [0.4, 0.5) is 4.79 Å². The third kappa shape index (κ3) is 2.85. The van der Waals surface area contributed by atoms with Gasteiger partial charge in [0.2, 0.25) is 0 Å². The highest BCUT2D eigenvalue weighted by molar-refractivity contribution is 7.89. The van der Waals surface area contributed by atoms with Gasteiger partial charge in [0.05, 0.1) is 0 Å². The van der Waals surface area contributed by atoms with E-state index in [-0.39, 0.29) is 5.82 Å². The Morgan fingerprint density at radius 1 is 1.33 bits per heavy atom. The summed E-state index contributed by atoms with van der Waals surface area (Å²) in [6, 6.07) is -0.623. The summed E-state index contributed by atoms with van der Waals surface area (Å²) in [7, 11) is -1.15. The van der Waals surface area contributed by atoms with Gasteiger partial charge in [-0.25, -0.2) is 18.4 Å². The van der Waals surface area contributed by atoms with Crippen LogP contribution in [0, 0.1) is 0 Å². The minimum Gasteiger partial charge on any atom is -0.329 e. The zero-order chi connectivity index (χ0) is 14.3. The first kappa shape index (κ1) is 14.6. The van der Waals surface area contributed by atoms with Crippen molar-refractivity contribution in [2.75, 3.05) is 14.1 Å². The van der Waals surface area contributed by atoms with E-state index in [4.69, 9.17) is 5.14 Å². The maximum Gasteiger partial charge on any atom is 0.346 e. The van der Waals surface area contributed by atoms with Crippen LogP contribution < -0.4 is 5.14 Å². The standard InChI is InChI=1S/C9H17N5O3S/c1-9(2,3)6-11-7(18(10,16)17)14(12-6)8(15)13(4)5/h1-5H3,(H2,10,16,17). The number of sulfonamides is 1. The first-order valence-electron chi connectivity index (χ1n) is 5.16. The van der Waals surface area contributed by atoms with Gasteiger partial charge in [-0.3, -0.25) is 0 Å². The minimum atomic E-state index is -4.11. The van der Waals surface area contributed by atoms with Crippen LogP contribution in [0.1, 0.15) is 26.6 Å². The highest BCUT2D eigenvalue weighted by Gasteiger charge is 2.29. The molecule has 102 valence electrons. The lowest BCUT2D eigenvalue weighted by molar-refractivity contribution is 0.212. The van der Waals surface area contributed by atoms with E-state index in [2.05, 4.69) is 10.1 Å². The van der Waals surface area contributed by atoms with Crippen LogP contribution in [0.25, 0.3) is 0 Å². The number of aromatic nitrogens is 3. The first-order valence-corrected chi connectivity index (χ1v) is 6.71. The second-order valence-electron chi connectivity index (χ2n) is 5.10. The Labute approximate surface area is 106 Å². The maximum absolute atomic E-state index is 11.8. The summed E-state index contributed by atoms with van der Waals surface area (Å²) in [4.78, 5) is 16.9. The number of rotatable bonds is 1. The zero-order valence-electron chi connectivity index (χ0n) is 11.0. The van der Waals surface area contributed by atoms with Crippen molar-refractivity contribution < 1.29 is 13.2 Å². The van der Waals surface area contributed by atoms with Gasteiger partial charge in [-0.1, -0.05) is 20.8 Å². The molecule has 8 nitrogen and oxygen atoms in total. The Morgan fingerprint density at radius 2 is 1.83 bits per heavy atom. The fourth-order valence-electron chi connectivity index (χ4n) is 1.11. The molecule has 0 saturated carbocycles. The van der Waals surface area contributed by atoms with Gasteiger partial charge in [0.25, 0.3) is 15.2 Å². The summed E-state index contributed by atoms with van der Waals surface area (Å²) in [5, 5.41) is 8.40. The van der Waals surface area contributed by atoms with E-state index in [9.17, 15) is 13.2 Å². The second kappa shape index (κ2) is 4.32. The summed E-state index contributed by atoms with van der Waals surface area (Å²) in [6.45, 7) is 5.42. The van der Waals surface area contributed by atoms with Crippen LogP contribution in [0.2, 0.25) is 0 Å².